The number of carbonyl (C=O) groups is 1. The maximum absolute atomic E-state index is 14.8. The summed E-state index contributed by atoms with van der Waals surface area (Å²) in [4.78, 5) is 12.4. The fourth-order valence-corrected chi connectivity index (χ4v) is 6.12. The number of fused-ring (bicyclic) bond motifs is 1. The molecule has 3 aliphatic rings. The minimum Gasteiger partial charge on any atom is -0.632 e. The molecule has 0 spiro atoms. The van der Waals surface area contributed by atoms with Gasteiger partial charge in [0.1, 0.15) is 18.2 Å². The lowest BCUT2D eigenvalue weighted by Crippen LogP contribution is -2.59. The van der Waals surface area contributed by atoms with Crippen molar-refractivity contribution in [3.05, 3.63) is 63.4 Å². The van der Waals surface area contributed by atoms with Crippen LogP contribution < -0.4 is 0 Å². The maximum Gasteiger partial charge on any atom is 0.333 e. The molecule has 0 saturated heterocycles. The van der Waals surface area contributed by atoms with Crippen molar-refractivity contribution in [2.45, 2.75) is 71.1 Å². The second kappa shape index (κ2) is 7.63. The molecule has 162 valence electrons. The molecule has 2 aliphatic carbocycles. The number of nitrogens with zero attached hydrogens (tertiary/aromatic N) is 1. The largest absolute Gasteiger partial charge is 0.632 e. The third-order valence-corrected chi connectivity index (χ3v) is 7.48. The molecule has 5 nitrogen and oxygen atoms in total. The molecule has 5 heteroatoms. The average Bonchev–Trinajstić information content (AvgIpc) is 3.04. The number of methoxy groups -OCH3 is 1. The Hall–Kier alpha value is -1.95. The van der Waals surface area contributed by atoms with Gasteiger partial charge in [-0.2, -0.15) is 0 Å². The van der Waals surface area contributed by atoms with Gasteiger partial charge in [0.25, 0.3) is 0 Å². The topological polar surface area (TPSA) is 69.6 Å². The van der Waals surface area contributed by atoms with Gasteiger partial charge in [0.2, 0.25) is 0 Å². The van der Waals surface area contributed by atoms with Gasteiger partial charge in [-0.05, 0) is 48.8 Å². The van der Waals surface area contributed by atoms with E-state index in [1.807, 2.05) is 30.3 Å². The minimum atomic E-state index is -0.719. The quantitative estimate of drug-likeness (QED) is 0.347. The predicted molar refractivity (Wildman–Crippen MR) is 116 cm³/mol. The van der Waals surface area contributed by atoms with Crippen molar-refractivity contribution in [3.63, 3.8) is 0 Å². The number of benzene rings is 1. The molecule has 1 aromatic carbocycles. The van der Waals surface area contributed by atoms with Crippen molar-refractivity contribution in [3.8, 4) is 0 Å². The first-order valence-corrected chi connectivity index (χ1v) is 11.0. The highest BCUT2D eigenvalue weighted by Crippen LogP contribution is 2.51. The third-order valence-electron chi connectivity index (χ3n) is 7.48. The number of quaternary nitrogens is 1. The molecule has 1 aliphatic heterocycles. The van der Waals surface area contributed by atoms with Crippen LogP contribution in [0.3, 0.4) is 0 Å². The Labute approximate surface area is 179 Å². The van der Waals surface area contributed by atoms with Crippen molar-refractivity contribution in [2.75, 3.05) is 13.7 Å². The Morgan fingerprint density at radius 2 is 2.00 bits per heavy atom. The summed E-state index contributed by atoms with van der Waals surface area (Å²) in [6.07, 6.45) is 5.11. The van der Waals surface area contributed by atoms with Crippen LogP contribution in [0.4, 0.5) is 0 Å². The number of hydroxylamine groups is 3. The summed E-state index contributed by atoms with van der Waals surface area (Å²) in [6.45, 7) is 6.79. The molecule has 4 rings (SSSR count). The van der Waals surface area contributed by atoms with Crippen LogP contribution in [-0.2, 0) is 16.0 Å². The number of rotatable bonds is 3. The summed E-state index contributed by atoms with van der Waals surface area (Å²) in [5.74, 6) is -0.356. The smallest absolute Gasteiger partial charge is 0.333 e. The van der Waals surface area contributed by atoms with E-state index in [1.165, 1.54) is 12.7 Å². The molecule has 0 amide bonds. The first-order chi connectivity index (χ1) is 14.2. The second-order valence-corrected chi connectivity index (χ2v) is 9.80. The van der Waals surface area contributed by atoms with Crippen molar-refractivity contribution < 1.29 is 19.3 Å². The molecule has 4 atom stereocenters. The number of esters is 1. The summed E-state index contributed by atoms with van der Waals surface area (Å²) >= 11 is 0. The van der Waals surface area contributed by atoms with Gasteiger partial charge in [-0.15, -0.1) is 0 Å². The first-order valence-electron chi connectivity index (χ1n) is 11.0. The highest BCUT2D eigenvalue weighted by atomic mass is 16.6. The van der Waals surface area contributed by atoms with E-state index in [-0.39, 0.29) is 17.9 Å². The second-order valence-electron chi connectivity index (χ2n) is 9.80. The zero-order valence-corrected chi connectivity index (χ0v) is 18.5. The molecule has 0 aromatic heterocycles. The number of allylic oxidation sites excluding steroid dienone is 1. The first kappa shape index (κ1) is 21.3. The van der Waals surface area contributed by atoms with E-state index in [1.54, 1.807) is 0 Å². The summed E-state index contributed by atoms with van der Waals surface area (Å²) < 4.78 is 4.46. The standard InChI is InChI=1S/C25H33NO4/c1-16-8-7-12-25(2,3)22(16)20-14-18(24(28)30-4)11-13-26(20,29)23-19-10-6-5-9-17(19)15-21(23)27/h5-6,9-10,14,20-21,23,27H,7-8,11-13,15H2,1-4H3/t20-,21+,23?,26?/m0/s1. The fraction of sp³-hybridized carbons (Fsp3) is 0.560. The van der Waals surface area contributed by atoms with Crippen LogP contribution in [0, 0.1) is 10.6 Å². The van der Waals surface area contributed by atoms with Crippen LogP contribution in [0.25, 0.3) is 0 Å². The minimum absolute atomic E-state index is 0.126. The van der Waals surface area contributed by atoms with Crippen molar-refractivity contribution in [1.29, 1.82) is 0 Å². The highest BCUT2D eigenvalue weighted by molar-refractivity contribution is 5.88. The Kier molecular flexibility index (Phi) is 5.41. The predicted octanol–water partition coefficient (Wildman–Crippen LogP) is 4.36. The van der Waals surface area contributed by atoms with Gasteiger partial charge in [-0.3, -0.25) is 0 Å². The van der Waals surface area contributed by atoms with E-state index in [9.17, 15) is 15.1 Å². The normalized spacial score (nSPS) is 33.1. The number of hydrogen-bond donors (Lipinski definition) is 1. The van der Waals surface area contributed by atoms with Crippen LogP contribution in [0.15, 0.2) is 47.1 Å². The lowest BCUT2D eigenvalue weighted by Gasteiger charge is -2.57. The molecular formula is C25H33NO4. The Bertz CT molecular complexity index is 915. The monoisotopic (exact) mass is 411 g/mol. The Balaban J connectivity index is 1.88. The molecular weight excluding hydrogens is 378 g/mol. The zero-order valence-electron chi connectivity index (χ0n) is 18.5. The van der Waals surface area contributed by atoms with Crippen molar-refractivity contribution in [2.24, 2.45) is 5.41 Å². The van der Waals surface area contributed by atoms with Gasteiger partial charge in [-0.1, -0.05) is 43.7 Å². The zero-order chi connectivity index (χ0) is 21.7. The molecule has 0 bridgehead atoms. The average molecular weight is 412 g/mol. The molecule has 0 radical (unpaired) electrons. The fourth-order valence-electron chi connectivity index (χ4n) is 6.12. The number of aliphatic hydroxyl groups excluding tert-OH is 1. The molecule has 1 aromatic rings. The van der Waals surface area contributed by atoms with E-state index < -0.39 is 22.8 Å². The summed E-state index contributed by atoms with van der Waals surface area (Å²) in [5, 5.41) is 25.8. The lowest BCUT2D eigenvalue weighted by atomic mass is 9.68. The molecule has 1 heterocycles. The van der Waals surface area contributed by atoms with Gasteiger partial charge in [-0.25, -0.2) is 4.79 Å². The third kappa shape index (κ3) is 3.33. The van der Waals surface area contributed by atoms with Crippen LogP contribution in [0.5, 0.6) is 0 Å². The van der Waals surface area contributed by atoms with E-state index >= 15 is 0 Å². The Morgan fingerprint density at radius 3 is 2.70 bits per heavy atom. The van der Waals surface area contributed by atoms with Crippen LogP contribution >= 0.6 is 0 Å². The van der Waals surface area contributed by atoms with E-state index in [0.29, 0.717) is 18.4 Å². The molecule has 2 unspecified atom stereocenters. The number of carbonyl (C=O) groups excluding carboxylic acids is 1. The highest BCUT2D eigenvalue weighted by Gasteiger charge is 2.51. The maximum atomic E-state index is 14.8. The SMILES string of the molecule is COC(=O)C1=C[C@@H](C2=C(C)CCCC2(C)C)[N+]([O-])(C2c3ccccc3C[C@H]2O)CC1. The van der Waals surface area contributed by atoms with Gasteiger partial charge in [0.15, 0.2) is 0 Å². The van der Waals surface area contributed by atoms with Crippen molar-refractivity contribution >= 4 is 5.97 Å². The molecule has 0 saturated carbocycles. The Morgan fingerprint density at radius 1 is 1.27 bits per heavy atom. The summed E-state index contributed by atoms with van der Waals surface area (Å²) in [7, 11) is 1.39. The lowest BCUT2D eigenvalue weighted by molar-refractivity contribution is -0.928. The van der Waals surface area contributed by atoms with E-state index in [2.05, 4.69) is 20.8 Å². The van der Waals surface area contributed by atoms with E-state index in [4.69, 9.17) is 4.74 Å². The number of aliphatic hydroxyl groups is 1. The van der Waals surface area contributed by atoms with Gasteiger partial charge < -0.3 is 19.7 Å². The molecule has 1 N–H and O–H groups in total. The number of ether oxygens (including phenoxy) is 1. The summed E-state index contributed by atoms with van der Waals surface area (Å²) in [5.41, 5.74) is 4.85. The van der Waals surface area contributed by atoms with Gasteiger partial charge >= 0.3 is 5.97 Å². The van der Waals surface area contributed by atoms with Crippen LogP contribution in [0.2, 0.25) is 0 Å². The number of hydrogen-bond acceptors (Lipinski definition) is 4. The van der Waals surface area contributed by atoms with Crippen LogP contribution in [-0.4, -0.2) is 41.5 Å². The molecule has 0 fully saturated rings. The van der Waals surface area contributed by atoms with E-state index in [0.717, 1.165) is 36.0 Å². The van der Waals surface area contributed by atoms with Gasteiger partial charge in [0, 0.05) is 24.0 Å². The molecule has 30 heavy (non-hydrogen) atoms. The van der Waals surface area contributed by atoms with Gasteiger partial charge in [0.05, 0.1) is 13.7 Å². The van der Waals surface area contributed by atoms with Crippen LogP contribution in [0.1, 0.15) is 63.6 Å². The summed E-state index contributed by atoms with van der Waals surface area (Å²) in [6, 6.07) is 6.86. The van der Waals surface area contributed by atoms with Crippen molar-refractivity contribution in [1.82, 2.24) is 0 Å².